The van der Waals surface area contributed by atoms with Gasteiger partial charge in [0.1, 0.15) is 0 Å². The molecule has 0 spiro atoms. The molecular weight excluding hydrogens is 216 g/mol. The van der Waals surface area contributed by atoms with E-state index >= 15 is 0 Å². The van der Waals surface area contributed by atoms with E-state index in [4.69, 9.17) is 4.74 Å². The van der Waals surface area contributed by atoms with Gasteiger partial charge in [0.25, 0.3) is 0 Å². The summed E-state index contributed by atoms with van der Waals surface area (Å²) < 4.78 is 5.12. The summed E-state index contributed by atoms with van der Waals surface area (Å²) in [5, 5.41) is 3.42. The second-order valence-corrected chi connectivity index (χ2v) is 4.84. The minimum atomic E-state index is 0.168. The molecule has 0 aliphatic carbocycles. The van der Waals surface area contributed by atoms with Gasteiger partial charge in [-0.15, -0.1) is 0 Å². The standard InChI is InChI=1S/C13H26N2O2/c1-4-15(11(2)10-17-3)13(16)9-12-7-5-6-8-14-12/h11-12,14H,4-10H2,1-3H3. The van der Waals surface area contributed by atoms with E-state index in [1.807, 2.05) is 18.7 Å². The molecule has 2 atom stereocenters. The number of amides is 1. The Balaban J connectivity index is 2.41. The zero-order valence-electron chi connectivity index (χ0n) is 11.4. The molecule has 0 saturated carbocycles. The average Bonchev–Trinajstić information content (AvgIpc) is 2.31. The molecule has 4 nitrogen and oxygen atoms in total. The SMILES string of the molecule is CCN(C(=O)CC1CCCCN1)C(C)COC. The topological polar surface area (TPSA) is 41.6 Å². The second-order valence-electron chi connectivity index (χ2n) is 4.84. The quantitative estimate of drug-likeness (QED) is 0.765. The van der Waals surface area contributed by atoms with Crippen LogP contribution in [0.1, 0.15) is 39.5 Å². The van der Waals surface area contributed by atoms with Crippen molar-refractivity contribution in [2.45, 2.75) is 51.6 Å². The van der Waals surface area contributed by atoms with Crippen LogP contribution in [0.4, 0.5) is 0 Å². The minimum absolute atomic E-state index is 0.168. The number of methoxy groups -OCH3 is 1. The smallest absolute Gasteiger partial charge is 0.224 e. The van der Waals surface area contributed by atoms with Crippen molar-refractivity contribution in [1.82, 2.24) is 10.2 Å². The van der Waals surface area contributed by atoms with E-state index in [0.29, 0.717) is 19.1 Å². The van der Waals surface area contributed by atoms with E-state index in [1.54, 1.807) is 7.11 Å². The van der Waals surface area contributed by atoms with Crippen LogP contribution in [0.25, 0.3) is 0 Å². The first-order chi connectivity index (χ1) is 8.19. The summed E-state index contributed by atoms with van der Waals surface area (Å²) in [6, 6.07) is 0.543. The molecular formula is C13H26N2O2. The number of likely N-dealkylation sites (N-methyl/N-ethyl adjacent to an activating group) is 1. The van der Waals surface area contributed by atoms with Gasteiger partial charge in [-0.3, -0.25) is 4.79 Å². The fraction of sp³-hybridized carbons (Fsp3) is 0.923. The monoisotopic (exact) mass is 242 g/mol. The van der Waals surface area contributed by atoms with E-state index < -0.39 is 0 Å². The number of carbonyl (C=O) groups is 1. The van der Waals surface area contributed by atoms with Crippen molar-refractivity contribution in [3.05, 3.63) is 0 Å². The third kappa shape index (κ3) is 4.64. The molecule has 1 saturated heterocycles. The summed E-state index contributed by atoms with van der Waals surface area (Å²) in [4.78, 5) is 14.1. The van der Waals surface area contributed by atoms with Crippen molar-refractivity contribution in [3.8, 4) is 0 Å². The summed E-state index contributed by atoms with van der Waals surface area (Å²) in [5.41, 5.74) is 0. The molecule has 1 aliphatic heterocycles. The molecule has 0 aromatic carbocycles. The number of hydrogen-bond acceptors (Lipinski definition) is 3. The van der Waals surface area contributed by atoms with Gasteiger partial charge < -0.3 is 15.0 Å². The van der Waals surface area contributed by atoms with Crippen LogP contribution in [0.2, 0.25) is 0 Å². The van der Waals surface area contributed by atoms with Crippen molar-refractivity contribution in [2.75, 3.05) is 26.8 Å². The molecule has 1 N–H and O–H groups in total. The molecule has 1 heterocycles. The highest BCUT2D eigenvalue weighted by molar-refractivity contribution is 5.77. The van der Waals surface area contributed by atoms with E-state index in [9.17, 15) is 4.79 Å². The zero-order valence-corrected chi connectivity index (χ0v) is 11.4. The predicted octanol–water partition coefficient (Wildman–Crippen LogP) is 1.40. The van der Waals surface area contributed by atoms with E-state index in [0.717, 1.165) is 19.5 Å². The van der Waals surface area contributed by atoms with Crippen molar-refractivity contribution in [2.24, 2.45) is 0 Å². The molecule has 2 unspecified atom stereocenters. The zero-order chi connectivity index (χ0) is 12.7. The number of hydrogen-bond donors (Lipinski definition) is 1. The lowest BCUT2D eigenvalue weighted by Crippen LogP contribution is -2.45. The van der Waals surface area contributed by atoms with Gasteiger partial charge >= 0.3 is 0 Å². The number of nitrogens with zero attached hydrogens (tertiary/aromatic N) is 1. The highest BCUT2D eigenvalue weighted by atomic mass is 16.5. The largest absolute Gasteiger partial charge is 0.383 e. The third-order valence-corrected chi connectivity index (χ3v) is 3.43. The maximum Gasteiger partial charge on any atom is 0.224 e. The summed E-state index contributed by atoms with van der Waals surface area (Å²) in [6.07, 6.45) is 4.23. The van der Waals surface area contributed by atoms with Gasteiger partial charge in [-0.1, -0.05) is 6.42 Å². The number of carbonyl (C=O) groups excluding carboxylic acids is 1. The molecule has 1 fully saturated rings. The summed E-state index contributed by atoms with van der Waals surface area (Å²) in [7, 11) is 1.68. The Morgan fingerprint density at radius 2 is 2.29 bits per heavy atom. The Morgan fingerprint density at radius 1 is 1.53 bits per heavy atom. The lowest BCUT2D eigenvalue weighted by molar-refractivity contribution is -0.134. The summed E-state index contributed by atoms with van der Waals surface area (Å²) in [5.74, 6) is 0.247. The van der Waals surface area contributed by atoms with Gasteiger partial charge in [0, 0.05) is 26.1 Å². The average molecular weight is 242 g/mol. The predicted molar refractivity (Wildman–Crippen MR) is 69.0 cm³/mol. The van der Waals surface area contributed by atoms with Gasteiger partial charge in [-0.25, -0.2) is 0 Å². The Hall–Kier alpha value is -0.610. The first kappa shape index (κ1) is 14.5. The first-order valence-corrected chi connectivity index (χ1v) is 6.70. The molecule has 1 aliphatic rings. The van der Waals surface area contributed by atoms with Gasteiger partial charge in [-0.05, 0) is 33.2 Å². The first-order valence-electron chi connectivity index (χ1n) is 6.70. The van der Waals surface area contributed by atoms with Crippen molar-refractivity contribution < 1.29 is 9.53 Å². The van der Waals surface area contributed by atoms with Crippen LogP contribution in [0.5, 0.6) is 0 Å². The van der Waals surface area contributed by atoms with Crippen LogP contribution >= 0.6 is 0 Å². The maximum absolute atomic E-state index is 12.2. The van der Waals surface area contributed by atoms with E-state index in [-0.39, 0.29) is 11.9 Å². The number of ether oxygens (including phenoxy) is 1. The molecule has 0 aromatic rings. The Bertz CT molecular complexity index is 227. The normalized spacial score (nSPS) is 22.2. The second kappa shape index (κ2) is 7.67. The van der Waals surface area contributed by atoms with Crippen molar-refractivity contribution >= 4 is 5.91 Å². The number of rotatable bonds is 6. The Labute approximate surface area is 105 Å². The molecule has 1 amide bonds. The fourth-order valence-electron chi connectivity index (χ4n) is 2.49. The van der Waals surface area contributed by atoms with Gasteiger partial charge in [0.15, 0.2) is 0 Å². The van der Waals surface area contributed by atoms with Crippen LogP contribution in [0.15, 0.2) is 0 Å². The highest BCUT2D eigenvalue weighted by Crippen LogP contribution is 2.12. The molecule has 0 radical (unpaired) electrons. The van der Waals surface area contributed by atoms with E-state index in [2.05, 4.69) is 5.32 Å². The fourth-order valence-corrected chi connectivity index (χ4v) is 2.49. The molecule has 0 aromatic heterocycles. The summed E-state index contributed by atoms with van der Waals surface area (Å²) in [6.45, 7) is 6.49. The number of nitrogens with one attached hydrogen (secondary N) is 1. The molecule has 0 bridgehead atoms. The molecule has 4 heteroatoms. The van der Waals surface area contributed by atoms with Crippen LogP contribution in [-0.4, -0.2) is 49.7 Å². The minimum Gasteiger partial charge on any atom is -0.383 e. The Kier molecular flexibility index (Phi) is 6.52. The molecule has 100 valence electrons. The summed E-state index contributed by atoms with van der Waals surface area (Å²) >= 11 is 0. The maximum atomic E-state index is 12.2. The van der Waals surface area contributed by atoms with Gasteiger partial charge in [0.05, 0.1) is 12.6 Å². The lowest BCUT2D eigenvalue weighted by Gasteiger charge is -2.30. The van der Waals surface area contributed by atoms with Crippen LogP contribution < -0.4 is 5.32 Å². The third-order valence-electron chi connectivity index (χ3n) is 3.43. The molecule has 17 heavy (non-hydrogen) atoms. The van der Waals surface area contributed by atoms with E-state index in [1.165, 1.54) is 12.8 Å². The lowest BCUT2D eigenvalue weighted by atomic mass is 10.0. The van der Waals surface area contributed by atoms with Crippen LogP contribution in [0, 0.1) is 0 Å². The van der Waals surface area contributed by atoms with Crippen molar-refractivity contribution in [3.63, 3.8) is 0 Å². The van der Waals surface area contributed by atoms with Crippen LogP contribution in [0.3, 0.4) is 0 Å². The molecule has 1 rings (SSSR count). The van der Waals surface area contributed by atoms with Gasteiger partial charge in [0.2, 0.25) is 5.91 Å². The van der Waals surface area contributed by atoms with Crippen molar-refractivity contribution in [1.29, 1.82) is 0 Å². The highest BCUT2D eigenvalue weighted by Gasteiger charge is 2.22. The Morgan fingerprint density at radius 3 is 2.82 bits per heavy atom. The van der Waals surface area contributed by atoms with Crippen LogP contribution in [-0.2, 0) is 9.53 Å². The van der Waals surface area contributed by atoms with Gasteiger partial charge in [-0.2, -0.15) is 0 Å². The number of piperidine rings is 1.